The van der Waals surface area contributed by atoms with Crippen molar-refractivity contribution in [2.24, 2.45) is 0 Å². The molecule has 4 amide bonds. The van der Waals surface area contributed by atoms with Crippen molar-refractivity contribution in [3.8, 4) is 0 Å². The highest BCUT2D eigenvalue weighted by Crippen LogP contribution is 2.23. The Morgan fingerprint density at radius 2 is 1.27 bits per heavy atom. The van der Waals surface area contributed by atoms with Gasteiger partial charge in [0, 0.05) is 50.8 Å². The van der Waals surface area contributed by atoms with Crippen LogP contribution in [0.5, 0.6) is 0 Å². The number of carbonyl (C=O) groups is 2. The van der Waals surface area contributed by atoms with Crippen LogP contribution in [-0.4, -0.2) is 74.5 Å². The first kappa shape index (κ1) is 28.7. The van der Waals surface area contributed by atoms with Crippen LogP contribution in [0.3, 0.4) is 0 Å². The van der Waals surface area contributed by atoms with Gasteiger partial charge in [-0.2, -0.15) is 0 Å². The van der Waals surface area contributed by atoms with Crippen molar-refractivity contribution in [1.82, 2.24) is 9.80 Å². The highest BCUT2D eigenvalue weighted by molar-refractivity contribution is 5.93. The molecule has 1 aromatic carbocycles. The van der Waals surface area contributed by atoms with Crippen molar-refractivity contribution in [2.75, 3.05) is 51.2 Å². The lowest BCUT2D eigenvalue weighted by Crippen LogP contribution is -2.44. The Labute approximate surface area is 200 Å². The molecule has 8 nitrogen and oxygen atoms in total. The quantitative estimate of drug-likeness (QED) is 0.390. The predicted octanol–water partition coefficient (Wildman–Crippen LogP) is 5.33. The number of hydrogen-bond donors (Lipinski definition) is 2. The van der Waals surface area contributed by atoms with E-state index in [-0.39, 0.29) is 24.1 Å². The number of hydrogen-bond acceptors (Lipinski definition) is 4. The second-order valence-corrected chi connectivity index (χ2v) is 8.20. The van der Waals surface area contributed by atoms with Crippen LogP contribution in [0.1, 0.15) is 58.9 Å². The number of nitrogens with one attached hydrogen (secondary N) is 2. The lowest BCUT2D eigenvalue weighted by molar-refractivity contribution is 0.133. The van der Waals surface area contributed by atoms with Crippen LogP contribution >= 0.6 is 0 Å². The van der Waals surface area contributed by atoms with E-state index in [1.807, 2.05) is 34.9 Å². The molecule has 33 heavy (non-hydrogen) atoms. The number of rotatable bonds is 14. The molecule has 0 atom stereocenters. The summed E-state index contributed by atoms with van der Waals surface area (Å²) < 4.78 is 10.4. The second kappa shape index (κ2) is 15.5. The minimum absolute atomic E-state index is 0.137. The highest BCUT2D eigenvalue weighted by Gasteiger charge is 2.23. The first-order valence-electron chi connectivity index (χ1n) is 12.1. The maximum absolute atomic E-state index is 13.1. The molecule has 0 radical (unpaired) electrons. The van der Waals surface area contributed by atoms with E-state index in [9.17, 15) is 9.59 Å². The molecule has 0 saturated carbocycles. The largest absolute Gasteiger partial charge is 0.383 e. The third-order valence-electron chi connectivity index (χ3n) is 6.09. The van der Waals surface area contributed by atoms with E-state index in [0.29, 0.717) is 37.7 Å². The summed E-state index contributed by atoms with van der Waals surface area (Å²) in [6.45, 7) is 12.3. The van der Waals surface area contributed by atoms with Gasteiger partial charge in [-0.15, -0.1) is 0 Å². The molecule has 8 heteroatoms. The fourth-order valence-electron chi connectivity index (χ4n) is 3.95. The van der Waals surface area contributed by atoms with E-state index in [2.05, 4.69) is 38.3 Å². The number of urea groups is 2. The van der Waals surface area contributed by atoms with E-state index in [1.54, 1.807) is 14.2 Å². The fraction of sp³-hybridized carbons (Fsp3) is 0.680. The Morgan fingerprint density at radius 1 is 0.818 bits per heavy atom. The summed E-state index contributed by atoms with van der Waals surface area (Å²) in [6.07, 6.45) is 3.48. The van der Waals surface area contributed by atoms with E-state index in [0.717, 1.165) is 31.2 Å². The number of aryl methyl sites for hydroxylation is 1. The van der Waals surface area contributed by atoms with Crippen molar-refractivity contribution in [3.05, 3.63) is 23.8 Å². The highest BCUT2D eigenvalue weighted by atomic mass is 16.5. The zero-order valence-corrected chi connectivity index (χ0v) is 21.6. The van der Waals surface area contributed by atoms with Gasteiger partial charge in [-0.1, -0.05) is 33.8 Å². The summed E-state index contributed by atoms with van der Waals surface area (Å²) in [5.41, 5.74) is 2.24. The molecule has 0 unspecified atom stereocenters. The smallest absolute Gasteiger partial charge is 0.322 e. The predicted molar refractivity (Wildman–Crippen MR) is 135 cm³/mol. The van der Waals surface area contributed by atoms with E-state index in [4.69, 9.17) is 9.47 Å². The van der Waals surface area contributed by atoms with E-state index in [1.165, 1.54) is 0 Å². The van der Waals surface area contributed by atoms with Gasteiger partial charge in [-0.25, -0.2) is 9.59 Å². The number of ether oxygens (including phenoxy) is 2. The molecule has 0 aliphatic heterocycles. The van der Waals surface area contributed by atoms with E-state index >= 15 is 0 Å². The third kappa shape index (κ3) is 8.85. The lowest BCUT2D eigenvalue weighted by atomic mass is 10.1. The Morgan fingerprint density at radius 3 is 1.70 bits per heavy atom. The van der Waals surface area contributed by atoms with E-state index < -0.39 is 0 Å². The zero-order valence-electron chi connectivity index (χ0n) is 21.6. The first-order valence-corrected chi connectivity index (χ1v) is 12.1. The molecule has 0 bridgehead atoms. The molecular formula is C25H44N4O4. The number of nitrogens with zero attached hydrogens (tertiary/aromatic N) is 2. The van der Waals surface area contributed by atoms with Crippen molar-refractivity contribution in [3.63, 3.8) is 0 Å². The first-order chi connectivity index (χ1) is 15.9. The lowest BCUT2D eigenvalue weighted by Gasteiger charge is -2.31. The van der Waals surface area contributed by atoms with Gasteiger partial charge in [0.05, 0.1) is 13.2 Å². The van der Waals surface area contributed by atoms with Gasteiger partial charge in [-0.05, 0) is 50.3 Å². The zero-order chi connectivity index (χ0) is 24.8. The summed E-state index contributed by atoms with van der Waals surface area (Å²) >= 11 is 0. The minimum atomic E-state index is -0.166. The van der Waals surface area contributed by atoms with Gasteiger partial charge < -0.3 is 29.9 Å². The van der Waals surface area contributed by atoms with Gasteiger partial charge in [0.1, 0.15) is 0 Å². The number of methoxy groups -OCH3 is 2. The van der Waals surface area contributed by atoms with Gasteiger partial charge in [-0.3, -0.25) is 0 Å². The SMILES string of the molecule is CCC(CC)N(CCOC)C(=O)Nc1ccc(C)c(NC(=O)N(CCOC)C(CC)CC)c1. The van der Waals surface area contributed by atoms with Gasteiger partial charge in [0.15, 0.2) is 0 Å². The number of benzene rings is 1. The summed E-state index contributed by atoms with van der Waals surface area (Å²) in [6, 6.07) is 5.52. The number of carbonyl (C=O) groups excluding carboxylic acids is 2. The molecule has 1 rings (SSSR count). The van der Waals surface area contributed by atoms with Gasteiger partial charge >= 0.3 is 12.1 Å². The molecule has 0 aliphatic rings. The van der Waals surface area contributed by atoms with Crippen LogP contribution in [0.15, 0.2) is 18.2 Å². The molecule has 1 aromatic rings. The molecule has 0 saturated heterocycles. The summed E-state index contributed by atoms with van der Waals surface area (Å²) in [5.74, 6) is 0. The molecule has 0 heterocycles. The maximum Gasteiger partial charge on any atom is 0.322 e. The van der Waals surface area contributed by atoms with Crippen LogP contribution < -0.4 is 10.6 Å². The maximum atomic E-state index is 13.1. The topological polar surface area (TPSA) is 83.1 Å². The summed E-state index contributed by atoms with van der Waals surface area (Å²) in [5, 5.41) is 6.03. The molecule has 0 aromatic heterocycles. The molecule has 2 N–H and O–H groups in total. The Balaban J connectivity index is 3.03. The summed E-state index contributed by atoms with van der Waals surface area (Å²) in [7, 11) is 3.27. The van der Waals surface area contributed by atoms with Crippen LogP contribution in [0, 0.1) is 6.92 Å². The molecule has 188 valence electrons. The Bertz CT molecular complexity index is 720. The normalized spacial score (nSPS) is 11.1. The average Bonchev–Trinajstić information content (AvgIpc) is 2.81. The summed E-state index contributed by atoms with van der Waals surface area (Å²) in [4.78, 5) is 29.8. The van der Waals surface area contributed by atoms with Gasteiger partial charge in [0.2, 0.25) is 0 Å². The molecule has 0 fully saturated rings. The van der Waals surface area contributed by atoms with Crippen LogP contribution in [0.2, 0.25) is 0 Å². The average molecular weight is 465 g/mol. The molecule has 0 spiro atoms. The number of amides is 4. The van der Waals surface area contributed by atoms with Crippen LogP contribution in [0.25, 0.3) is 0 Å². The second-order valence-electron chi connectivity index (χ2n) is 8.20. The third-order valence-corrected chi connectivity index (χ3v) is 6.09. The van der Waals surface area contributed by atoms with Crippen molar-refractivity contribution >= 4 is 23.4 Å². The number of anilines is 2. The Kier molecular flexibility index (Phi) is 13.5. The van der Waals surface area contributed by atoms with Crippen LogP contribution in [0.4, 0.5) is 21.0 Å². The fourth-order valence-corrected chi connectivity index (χ4v) is 3.95. The minimum Gasteiger partial charge on any atom is -0.383 e. The van der Waals surface area contributed by atoms with Crippen molar-refractivity contribution in [1.29, 1.82) is 0 Å². The van der Waals surface area contributed by atoms with Gasteiger partial charge in [0.25, 0.3) is 0 Å². The van der Waals surface area contributed by atoms with Crippen LogP contribution in [-0.2, 0) is 9.47 Å². The Hall–Kier alpha value is -2.32. The van der Waals surface area contributed by atoms with Crippen molar-refractivity contribution in [2.45, 2.75) is 72.4 Å². The van der Waals surface area contributed by atoms with Crippen molar-refractivity contribution < 1.29 is 19.1 Å². The molecule has 0 aliphatic carbocycles. The standard InChI is InChI=1S/C25H44N4O4/c1-8-21(9-2)28(14-16-32-6)24(30)26-20-13-12-19(5)23(18-20)27-25(31)29(15-17-33-7)22(10-3)11-4/h12-13,18,21-22H,8-11,14-17H2,1-7H3,(H,26,30)(H,27,31). The monoisotopic (exact) mass is 464 g/mol. The molecular weight excluding hydrogens is 420 g/mol.